The summed E-state index contributed by atoms with van der Waals surface area (Å²) in [6.45, 7) is 7.51. The van der Waals surface area contributed by atoms with Crippen LogP contribution in [0.3, 0.4) is 0 Å². The number of Topliss-reactive ketones (excluding diaryl/α,β-unsaturated/α-hetero) is 1. The normalized spacial score (nSPS) is 15.2. The Balaban J connectivity index is 0.00000158. The largest absolute Gasteiger partial charge is 0.480 e. The Morgan fingerprint density at radius 3 is 2.74 bits per heavy atom. The second-order valence-electron chi connectivity index (χ2n) is 8.26. The van der Waals surface area contributed by atoms with Crippen molar-refractivity contribution in [3.8, 4) is 5.75 Å². The van der Waals surface area contributed by atoms with E-state index in [1.807, 2.05) is 32.0 Å². The van der Waals surface area contributed by atoms with Gasteiger partial charge in [-0.15, -0.1) is 0 Å². The standard InChI is InChI=1S/C24H25ClN4O3.C2H6/c1-14-4-6-16(7-5-14)22-26-12-19(25)23(28-22)27-18-8-9-20-17(10-18)11-21(24(31)29(20)3)32-13-15(2)30;1-2/h6,8-12,14H,4-5,7,13H2,1-3H3,(H,26,27,28);1-2H3. The van der Waals surface area contributed by atoms with Crippen molar-refractivity contribution < 1.29 is 9.53 Å². The fourth-order valence-electron chi connectivity index (χ4n) is 3.73. The van der Waals surface area contributed by atoms with Crippen molar-refractivity contribution in [3.63, 3.8) is 0 Å². The van der Waals surface area contributed by atoms with Gasteiger partial charge >= 0.3 is 0 Å². The third kappa shape index (κ3) is 5.83. The molecular weight excluding hydrogens is 452 g/mol. The molecule has 2 aromatic heterocycles. The van der Waals surface area contributed by atoms with E-state index in [9.17, 15) is 9.59 Å². The summed E-state index contributed by atoms with van der Waals surface area (Å²) in [6, 6.07) is 7.23. The average Bonchev–Trinajstić information content (AvgIpc) is 2.83. The van der Waals surface area contributed by atoms with Crippen LogP contribution in [-0.4, -0.2) is 26.9 Å². The van der Waals surface area contributed by atoms with Crippen LogP contribution >= 0.6 is 11.6 Å². The van der Waals surface area contributed by atoms with Crippen LogP contribution in [0.15, 0.2) is 41.3 Å². The Morgan fingerprint density at radius 2 is 2.06 bits per heavy atom. The molecule has 180 valence electrons. The van der Waals surface area contributed by atoms with E-state index >= 15 is 0 Å². The monoisotopic (exact) mass is 482 g/mol. The molecule has 0 bridgehead atoms. The number of allylic oxidation sites excluding steroid dienone is 2. The number of rotatable bonds is 6. The van der Waals surface area contributed by atoms with Gasteiger partial charge in [0, 0.05) is 18.1 Å². The zero-order chi connectivity index (χ0) is 24.8. The first-order chi connectivity index (χ1) is 16.3. The molecule has 1 atom stereocenters. The minimum Gasteiger partial charge on any atom is -0.480 e. The second kappa shape index (κ2) is 11.3. The fraction of sp³-hybridized carbons (Fsp3) is 0.385. The fourth-order valence-corrected chi connectivity index (χ4v) is 3.87. The number of anilines is 2. The number of aromatic nitrogens is 3. The molecule has 0 spiro atoms. The van der Waals surface area contributed by atoms with E-state index in [1.54, 1.807) is 19.3 Å². The van der Waals surface area contributed by atoms with Crippen molar-refractivity contribution in [1.29, 1.82) is 0 Å². The number of pyridine rings is 1. The van der Waals surface area contributed by atoms with Crippen LogP contribution in [0.4, 0.5) is 11.5 Å². The van der Waals surface area contributed by atoms with Crippen LogP contribution in [0.5, 0.6) is 5.75 Å². The van der Waals surface area contributed by atoms with Crippen LogP contribution in [-0.2, 0) is 11.8 Å². The van der Waals surface area contributed by atoms with Crippen LogP contribution in [0.25, 0.3) is 16.5 Å². The number of ether oxygens (including phenoxy) is 1. The van der Waals surface area contributed by atoms with Gasteiger partial charge in [-0.05, 0) is 61.9 Å². The van der Waals surface area contributed by atoms with Crippen molar-refractivity contribution in [2.75, 3.05) is 11.9 Å². The SMILES string of the molecule is CC.CC(=O)COc1cc2cc(Nc3nc(C4=CCC(C)CC4)ncc3Cl)ccc2n(C)c1=O. The molecule has 1 N–H and O–H groups in total. The van der Waals surface area contributed by atoms with Crippen molar-refractivity contribution in [3.05, 3.63) is 57.7 Å². The number of carbonyl (C=O) groups excluding carboxylic acids is 1. The molecule has 0 amide bonds. The molecule has 0 aliphatic heterocycles. The maximum absolute atomic E-state index is 12.5. The van der Waals surface area contributed by atoms with E-state index in [2.05, 4.69) is 28.3 Å². The molecule has 0 fully saturated rings. The first kappa shape index (κ1) is 25.4. The van der Waals surface area contributed by atoms with E-state index < -0.39 is 0 Å². The smallest absolute Gasteiger partial charge is 0.293 e. The van der Waals surface area contributed by atoms with Gasteiger partial charge < -0.3 is 14.6 Å². The minimum absolute atomic E-state index is 0.133. The third-order valence-corrected chi connectivity index (χ3v) is 5.87. The summed E-state index contributed by atoms with van der Waals surface area (Å²) in [5.41, 5.74) is 2.35. The van der Waals surface area contributed by atoms with Crippen LogP contribution in [0, 0.1) is 5.92 Å². The maximum atomic E-state index is 12.5. The molecule has 1 aliphatic rings. The van der Waals surface area contributed by atoms with E-state index in [0.29, 0.717) is 22.6 Å². The van der Waals surface area contributed by atoms with Gasteiger partial charge in [0.1, 0.15) is 11.6 Å². The highest BCUT2D eigenvalue weighted by atomic mass is 35.5. The zero-order valence-corrected chi connectivity index (χ0v) is 21.1. The van der Waals surface area contributed by atoms with Crippen molar-refractivity contribution in [2.45, 2.75) is 47.0 Å². The van der Waals surface area contributed by atoms with E-state index in [-0.39, 0.29) is 23.7 Å². The number of fused-ring (bicyclic) bond motifs is 1. The summed E-state index contributed by atoms with van der Waals surface area (Å²) in [7, 11) is 1.67. The lowest BCUT2D eigenvalue weighted by Gasteiger charge is -2.18. The Hall–Kier alpha value is -3.19. The van der Waals surface area contributed by atoms with Gasteiger partial charge in [0.15, 0.2) is 23.2 Å². The van der Waals surface area contributed by atoms with Gasteiger partial charge in [0.2, 0.25) is 0 Å². The molecule has 0 saturated carbocycles. The number of benzene rings is 1. The number of nitrogens with one attached hydrogen (secondary N) is 1. The highest BCUT2D eigenvalue weighted by Gasteiger charge is 2.16. The molecular formula is C26H31ClN4O3. The highest BCUT2D eigenvalue weighted by Crippen LogP contribution is 2.31. The number of aryl methyl sites for hydroxylation is 1. The van der Waals surface area contributed by atoms with E-state index in [1.165, 1.54) is 11.5 Å². The lowest BCUT2D eigenvalue weighted by atomic mass is 9.91. The minimum atomic E-state index is -0.293. The second-order valence-corrected chi connectivity index (χ2v) is 8.67. The quantitative estimate of drug-likeness (QED) is 0.469. The van der Waals surface area contributed by atoms with Crippen LogP contribution in [0.2, 0.25) is 5.02 Å². The van der Waals surface area contributed by atoms with Gasteiger partial charge in [-0.2, -0.15) is 0 Å². The molecule has 2 heterocycles. The Morgan fingerprint density at radius 1 is 1.29 bits per heavy atom. The number of carbonyl (C=O) groups is 1. The lowest BCUT2D eigenvalue weighted by molar-refractivity contribution is -0.118. The predicted molar refractivity (Wildman–Crippen MR) is 138 cm³/mol. The molecule has 1 unspecified atom stereocenters. The average molecular weight is 483 g/mol. The number of halogens is 1. The van der Waals surface area contributed by atoms with Crippen LogP contribution < -0.4 is 15.6 Å². The zero-order valence-electron chi connectivity index (χ0n) is 20.3. The van der Waals surface area contributed by atoms with E-state index in [4.69, 9.17) is 16.3 Å². The first-order valence-corrected chi connectivity index (χ1v) is 11.9. The van der Waals surface area contributed by atoms with Gasteiger partial charge in [-0.25, -0.2) is 9.97 Å². The lowest BCUT2D eigenvalue weighted by Crippen LogP contribution is -2.21. The maximum Gasteiger partial charge on any atom is 0.293 e. The Bertz CT molecular complexity index is 1280. The Labute approximate surface area is 204 Å². The van der Waals surface area contributed by atoms with Gasteiger partial charge in [0.25, 0.3) is 5.56 Å². The van der Waals surface area contributed by atoms with Gasteiger partial charge in [-0.3, -0.25) is 9.59 Å². The number of hydrogen-bond acceptors (Lipinski definition) is 6. The molecule has 34 heavy (non-hydrogen) atoms. The van der Waals surface area contributed by atoms with E-state index in [0.717, 1.165) is 41.4 Å². The summed E-state index contributed by atoms with van der Waals surface area (Å²) >= 11 is 6.36. The molecule has 1 aromatic carbocycles. The van der Waals surface area contributed by atoms with Gasteiger partial charge in [0.05, 0.1) is 11.7 Å². The topological polar surface area (TPSA) is 86.1 Å². The summed E-state index contributed by atoms with van der Waals surface area (Å²) in [4.78, 5) is 32.8. The molecule has 4 rings (SSSR count). The van der Waals surface area contributed by atoms with Crippen molar-refractivity contribution >= 4 is 45.4 Å². The molecule has 8 heteroatoms. The number of ketones is 1. The number of nitrogens with zero attached hydrogens (tertiary/aromatic N) is 3. The molecule has 0 radical (unpaired) electrons. The summed E-state index contributed by atoms with van der Waals surface area (Å²) in [5.74, 6) is 1.87. The molecule has 7 nitrogen and oxygen atoms in total. The predicted octanol–water partition coefficient (Wildman–Crippen LogP) is 5.92. The molecule has 0 saturated heterocycles. The molecule has 3 aromatic rings. The Kier molecular flexibility index (Phi) is 8.45. The highest BCUT2D eigenvalue weighted by molar-refractivity contribution is 6.32. The van der Waals surface area contributed by atoms with Crippen molar-refractivity contribution in [2.24, 2.45) is 13.0 Å². The van der Waals surface area contributed by atoms with Crippen LogP contribution in [0.1, 0.15) is 52.8 Å². The first-order valence-electron chi connectivity index (χ1n) is 11.6. The summed E-state index contributed by atoms with van der Waals surface area (Å²) < 4.78 is 6.90. The number of hydrogen-bond donors (Lipinski definition) is 1. The molecule has 1 aliphatic carbocycles. The summed E-state index contributed by atoms with van der Waals surface area (Å²) in [5, 5.41) is 4.47. The third-order valence-electron chi connectivity index (χ3n) is 5.59. The van der Waals surface area contributed by atoms with Gasteiger partial charge in [-0.1, -0.05) is 38.4 Å². The van der Waals surface area contributed by atoms with Crippen molar-refractivity contribution in [1.82, 2.24) is 14.5 Å². The summed E-state index contributed by atoms with van der Waals surface area (Å²) in [6.07, 6.45) is 6.93.